The maximum absolute atomic E-state index is 13.1. The third-order valence-electron chi connectivity index (χ3n) is 2.42. The van der Waals surface area contributed by atoms with Gasteiger partial charge in [0, 0.05) is 6.04 Å². The SMILES string of the molecule is CCC(CC(=O)O)NS(=O)(=O)c1cc(F)ccc1Cl. The number of carboxylic acids is 1. The summed E-state index contributed by atoms with van der Waals surface area (Å²) in [5, 5.41) is 8.53. The summed E-state index contributed by atoms with van der Waals surface area (Å²) in [6, 6.07) is 2.18. The zero-order valence-electron chi connectivity index (χ0n) is 10.1. The van der Waals surface area contributed by atoms with Gasteiger partial charge in [0.05, 0.1) is 11.4 Å². The molecular formula is C11H13ClFNO4S. The number of rotatable bonds is 6. The van der Waals surface area contributed by atoms with Gasteiger partial charge >= 0.3 is 5.97 Å². The Balaban J connectivity index is 3.03. The molecule has 1 atom stereocenters. The van der Waals surface area contributed by atoms with Crippen LogP contribution in [0.1, 0.15) is 19.8 Å². The van der Waals surface area contributed by atoms with Crippen LogP contribution in [-0.2, 0) is 14.8 Å². The summed E-state index contributed by atoms with van der Waals surface area (Å²) in [5.41, 5.74) is 0. The number of aliphatic carboxylic acids is 1. The lowest BCUT2D eigenvalue weighted by Crippen LogP contribution is -2.36. The van der Waals surface area contributed by atoms with E-state index in [0.717, 1.165) is 18.2 Å². The van der Waals surface area contributed by atoms with Crippen LogP contribution in [0.5, 0.6) is 0 Å². The molecule has 19 heavy (non-hydrogen) atoms. The fourth-order valence-corrected chi connectivity index (χ4v) is 3.28. The number of sulfonamides is 1. The number of carbonyl (C=O) groups is 1. The predicted octanol–water partition coefficient (Wildman–Crippen LogP) is 2.01. The highest BCUT2D eigenvalue weighted by Gasteiger charge is 2.23. The van der Waals surface area contributed by atoms with Gasteiger partial charge in [-0.1, -0.05) is 18.5 Å². The highest BCUT2D eigenvalue weighted by molar-refractivity contribution is 7.89. The summed E-state index contributed by atoms with van der Waals surface area (Å²) in [6.45, 7) is 1.64. The average Bonchev–Trinajstić information content (AvgIpc) is 2.30. The van der Waals surface area contributed by atoms with Crippen molar-refractivity contribution in [1.82, 2.24) is 4.72 Å². The number of halogens is 2. The van der Waals surface area contributed by atoms with E-state index in [9.17, 15) is 17.6 Å². The summed E-state index contributed by atoms with van der Waals surface area (Å²) in [6.07, 6.45) is -0.0683. The fourth-order valence-electron chi connectivity index (χ4n) is 1.45. The second-order valence-electron chi connectivity index (χ2n) is 3.90. The van der Waals surface area contributed by atoms with Crippen molar-refractivity contribution in [3.8, 4) is 0 Å². The van der Waals surface area contributed by atoms with Gasteiger partial charge in [-0.05, 0) is 24.6 Å². The van der Waals surface area contributed by atoms with Crippen molar-refractivity contribution >= 4 is 27.6 Å². The molecular weight excluding hydrogens is 297 g/mol. The Hall–Kier alpha value is -1.18. The lowest BCUT2D eigenvalue weighted by atomic mass is 10.2. The Morgan fingerprint density at radius 1 is 1.53 bits per heavy atom. The minimum absolute atomic E-state index is 0.126. The third kappa shape index (κ3) is 4.45. The largest absolute Gasteiger partial charge is 0.481 e. The van der Waals surface area contributed by atoms with Crippen LogP contribution in [0.4, 0.5) is 4.39 Å². The molecule has 8 heteroatoms. The molecule has 0 aliphatic rings. The second-order valence-corrected chi connectivity index (χ2v) is 5.99. The molecule has 0 amide bonds. The highest BCUT2D eigenvalue weighted by Crippen LogP contribution is 2.22. The molecule has 0 aromatic heterocycles. The zero-order chi connectivity index (χ0) is 14.6. The first kappa shape index (κ1) is 15.9. The third-order valence-corrected chi connectivity index (χ3v) is 4.42. The minimum Gasteiger partial charge on any atom is -0.481 e. The van der Waals surface area contributed by atoms with E-state index in [-0.39, 0.29) is 11.4 Å². The molecule has 0 radical (unpaired) electrons. The molecule has 0 heterocycles. The highest BCUT2D eigenvalue weighted by atomic mass is 35.5. The summed E-state index contributed by atoms with van der Waals surface area (Å²) in [5.74, 6) is -1.86. The molecule has 0 aliphatic heterocycles. The van der Waals surface area contributed by atoms with Crippen molar-refractivity contribution < 1.29 is 22.7 Å². The molecule has 106 valence electrons. The lowest BCUT2D eigenvalue weighted by molar-refractivity contribution is -0.137. The normalized spacial score (nSPS) is 13.2. The average molecular weight is 310 g/mol. The van der Waals surface area contributed by atoms with Crippen molar-refractivity contribution in [2.45, 2.75) is 30.7 Å². The molecule has 0 spiro atoms. The molecule has 1 rings (SSSR count). The molecule has 0 aliphatic carbocycles. The van der Waals surface area contributed by atoms with Gasteiger partial charge in [0.15, 0.2) is 0 Å². The quantitative estimate of drug-likeness (QED) is 0.842. The van der Waals surface area contributed by atoms with Crippen LogP contribution < -0.4 is 4.72 Å². The molecule has 0 bridgehead atoms. The Morgan fingerprint density at radius 2 is 2.16 bits per heavy atom. The van der Waals surface area contributed by atoms with Gasteiger partial charge in [0.25, 0.3) is 0 Å². The Labute approximate surface area is 115 Å². The molecule has 0 saturated heterocycles. The fraction of sp³-hybridized carbons (Fsp3) is 0.364. The van der Waals surface area contributed by atoms with Crippen molar-refractivity contribution in [3.63, 3.8) is 0 Å². The summed E-state index contributed by atoms with van der Waals surface area (Å²) >= 11 is 5.71. The standard InChI is InChI=1S/C11H13ClFNO4S/c1-2-8(6-11(15)16)14-19(17,18)10-5-7(13)3-4-9(10)12/h3-5,8,14H,2,6H2,1H3,(H,15,16). The van der Waals surface area contributed by atoms with E-state index < -0.39 is 32.7 Å². The van der Waals surface area contributed by atoms with Crippen LogP contribution in [0.3, 0.4) is 0 Å². The molecule has 0 fully saturated rings. The van der Waals surface area contributed by atoms with Gasteiger partial charge < -0.3 is 5.11 Å². The van der Waals surface area contributed by atoms with E-state index in [1.165, 1.54) is 0 Å². The van der Waals surface area contributed by atoms with Crippen LogP contribution in [0, 0.1) is 5.82 Å². The first-order valence-electron chi connectivity index (χ1n) is 5.45. The molecule has 0 saturated carbocycles. The lowest BCUT2D eigenvalue weighted by Gasteiger charge is -2.15. The molecule has 1 unspecified atom stereocenters. The second kappa shape index (κ2) is 6.31. The van der Waals surface area contributed by atoms with Crippen molar-refractivity contribution in [2.24, 2.45) is 0 Å². The Kier molecular flexibility index (Phi) is 5.28. The smallest absolute Gasteiger partial charge is 0.304 e. The summed E-state index contributed by atoms with van der Waals surface area (Å²) < 4.78 is 39.3. The van der Waals surface area contributed by atoms with E-state index in [1.807, 2.05) is 0 Å². The molecule has 1 aromatic carbocycles. The Morgan fingerprint density at radius 3 is 2.68 bits per heavy atom. The predicted molar refractivity (Wildman–Crippen MR) is 68.1 cm³/mol. The van der Waals surface area contributed by atoms with E-state index >= 15 is 0 Å². The van der Waals surface area contributed by atoms with E-state index in [2.05, 4.69) is 4.72 Å². The van der Waals surface area contributed by atoms with Gasteiger partial charge in [-0.2, -0.15) is 0 Å². The number of benzene rings is 1. The summed E-state index contributed by atoms with van der Waals surface area (Å²) in [4.78, 5) is 10.2. The number of hydrogen-bond donors (Lipinski definition) is 2. The Bertz CT molecular complexity index is 576. The van der Waals surface area contributed by atoms with Crippen molar-refractivity contribution in [3.05, 3.63) is 29.0 Å². The summed E-state index contributed by atoms with van der Waals surface area (Å²) in [7, 11) is -4.06. The first-order chi connectivity index (χ1) is 8.76. The van der Waals surface area contributed by atoms with Crippen LogP contribution in [0.25, 0.3) is 0 Å². The zero-order valence-corrected chi connectivity index (χ0v) is 11.6. The van der Waals surface area contributed by atoms with Gasteiger partial charge in [0.2, 0.25) is 10.0 Å². The maximum Gasteiger partial charge on any atom is 0.304 e. The number of nitrogens with one attached hydrogen (secondary N) is 1. The first-order valence-corrected chi connectivity index (χ1v) is 7.31. The van der Waals surface area contributed by atoms with Crippen LogP contribution >= 0.6 is 11.6 Å². The van der Waals surface area contributed by atoms with Crippen LogP contribution in [-0.4, -0.2) is 25.5 Å². The minimum atomic E-state index is -4.06. The van der Waals surface area contributed by atoms with Crippen molar-refractivity contribution in [1.29, 1.82) is 0 Å². The van der Waals surface area contributed by atoms with E-state index in [4.69, 9.17) is 16.7 Å². The van der Waals surface area contributed by atoms with Crippen LogP contribution in [0.2, 0.25) is 5.02 Å². The van der Waals surface area contributed by atoms with E-state index in [1.54, 1.807) is 6.92 Å². The topological polar surface area (TPSA) is 83.5 Å². The van der Waals surface area contributed by atoms with Gasteiger partial charge in [-0.3, -0.25) is 4.79 Å². The van der Waals surface area contributed by atoms with Gasteiger partial charge in [-0.25, -0.2) is 17.5 Å². The molecule has 5 nitrogen and oxygen atoms in total. The molecule has 1 aromatic rings. The van der Waals surface area contributed by atoms with Crippen LogP contribution in [0.15, 0.2) is 23.1 Å². The van der Waals surface area contributed by atoms with E-state index in [0.29, 0.717) is 6.42 Å². The number of hydrogen-bond acceptors (Lipinski definition) is 3. The monoisotopic (exact) mass is 309 g/mol. The number of carboxylic acid groups (broad SMARTS) is 1. The van der Waals surface area contributed by atoms with Gasteiger partial charge in [-0.15, -0.1) is 0 Å². The van der Waals surface area contributed by atoms with Crippen molar-refractivity contribution in [2.75, 3.05) is 0 Å². The van der Waals surface area contributed by atoms with Gasteiger partial charge in [0.1, 0.15) is 10.7 Å². The maximum atomic E-state index is 13.1. The molecule has 2 N–H and O–H groups in total.